The number of hydrogen-bond acceptors (Lipinski definition) is 2. The van der Waals surface area contributed by atoms with Gasteiger partial charge >= 0.3 is 0 Å². The lowest BCUT2D eigenvalue weighted by Crippen LogP contribution is -2.17. The third-order valence-corrected chi connectivity index (χ3v) is 3.67. The molecule has 1 N–H and O–H groups in total. The van der Waals surface area contributed by atoms with E-state index in [4.69, 9.17) is 0 Å². The number of carbonyl (C=O) groups is 1. The molecule has 0 saturated heterocycles. The van der Waals surface area contributed by atoms with Crippen LogP contribution in [0.1, 0.15) is 42.5 Å². The molecule has 0 unspecified atom stereocenters. The topological polar surface area (TPSA) is 45.8 Å². The minimum atomic E-state index is -0.150. The third-order valence-electron chi connectivity index (χ3n) is 3.16. The summed E-state index contributed by atoms with van der Waals surface area (Å²) in [5.74, 6) is 0.753. The average molecular weight is 335 g/mol. The van der Waals surface area contributed by atoms with Gasteiger partial charge in [0, 0.05) is 11.0 Å². The molecule has 20 heavy (non-hydrogen) atoms. The van der Waals surface area contributed by atoms with Crippen LogP contribution in [0.5, 0.6) is 0 Å². The second-order valence-corrected chi connectivity index (χ2v) is 6.54. The smallest absolute Gasteiger partial charge is 0.193 e. The second-order valence-electron chi connectivity index (χ2n) is 5.98. The zero-order valence-electron chi connectivity index (χ0n) is 12.2. The predicted molar refractivity (Wildman–Crippen MR) is 85.6 cm³/mol. The molecule has 0 atom stereocenters. The van der Waals surface area contributed by atoms with Crippen molar-refractivity contribution in [2.24, 2.45) is 0 Å². The van der Waals surface area contributed by atoms with Crippen LogP contribution >= 0.6 is 15.9 Å². The quantitative estimate of drug-likeness (QED) is 0.673. The van der Waals surface area contributed by atoms with Gasteiger partial charge in [-0.2, -0.15) is 0 Å². The van der Waals surface area contributed by atoms with Crippen LogP contribution in [0.15, 0.2) is 24.3 Å². The van der Waals surface area contributed by atoms with Crippen LogP contribution < -0.4 is 0 Å². The number of imidazole rings is 1. The number of benzene rings is 1. The molecule has 0 fully saturated rings. The molecule has 0 aliphatic rings. The molecule has 0 aliphatic heterocycles. The van der Waals surface area contributed by atoms with Crippen molar-refractivity contribution in [2.75, 3.05) is 5.33 Å². The van der Waals surface area contributed by atoms with Crippen molar-refractivity contribution in [1.29, 1.82) is 0 Å². The van der Waals surface area contributed by atoms with E-state index >= 15 is 0 Å². The van der Waals surface area contributed by atoms with Crippen molar-refractivity contribution in [3.05, 3.63) is 41.2 Å². The number of alkyl halides is 1. The summed E-state index contributed by atoms with van der Waals surface area (Å²) < 4.78 is 0. The molecule has 1 heterocycles. The highest BCUT2D eigenvalue weighted by Gasteiger charge is 2.26. The summed E-state index contributed by atoms with van der Waals surface area (Å²) in [5.41, 5.74) is 3.47. The first-order valence-electron chi connectivity index (χ1n) is 6.59. The van der Waals surface area contributed by atoms with Gasteiger partial charge in [-0.25, -0.2) is 4.98 Å². The minimum absolute atomic E-state index is 0.00420. The second kappa shape index (κ2) is 5.52. The fraction of sp³-hybridized carbons (Fsp3) is 0.375. The predicted octanol–water partition coefficient (Wildman–Crippen LogP) is 4.26. The Morgan fingerprint density at radius 1 is 1.25 bits per heavy atom. The number of Topliss-reactive ketones (excluding diaryl/α,β-unsaturated/α-hetero) is 1. The summed E-state index contributed by atoms with van der Waals surface area (Å²) >= 11 is 3.22. The Hall–Kier alpha value is -1.42. The van der Waals surface area contributed by atoms with Gasteiger partial charge in [-0.1, -0.05) is 66.5 Å². The fourth-order valence-corrected chi connectivity index (χ4v) is 2.29. The number of H-pyrrole nitrogens is 1. The highest BCUT2D eigenvalue weighted by Crippen LogP contribution is 2.28. The van der Waals surface area contributed by atoms with Crippen molar-refractivity contribution in [1.82, 2.24) is 9.97 Å². The summed E-state index contributed by atoms with van der Waals surface area (Å²) in [6.45, 7) is 8.27. The lowest BCUT2D eigenvalue weighted by atomic mass is 9.90. The molecule has 0 amide bonds. The van der Waals surface area contributed by atoms with Gasteiger partial charge in [0.1, 0.15) is 11.5 Å². The Balaban J connectivity index is 2.54. The Kier molecular flexibility index (Phi) is 4.14. The number of rotatable bonds is 3. The molecule has 1 aromatic carbocycles. The van der Waals surface area contributed by atoms with E-state index in [1.54, 1.807) is 0 Å². The fourth-order valence-electron chi connectivity index (χ4n) is 2.03. The van der Waals surface area contributed by atoms with Crippen molar-refractivity contribution in [3.8, 4) is 11.4 Å². The molecule has 106 valence electrons. The Bertz CT molecular complexity index is 621. The lowest BCUT2D eigenvalue weighted by Gasteiger charge is -2.17. The molecule has 3 nitrogen and oxygen atoms in total. The standard InChI is InChI=1S/C16H19BrN2O/c1-10-5-7-11(8-6-10)15-18-13(12(20)9-17)14(19-15)16(2,3)4/h5-8H,9H2,1-4H3,(H,18,19). The molecular weight excluding hydrogens is 316 g/mol. The highest BCUT2D eigenvalue weighted by atomic mass is 79.9. The van der Waals surface area contributed by atoms with Gasteiger partial charge in [0.2, 0.25) is 0 Å². The van der Waals surface area contributed by atoms with Crippen molar-refractivity contribution < 1.29 is 4.79 Å². The van der Waals surface area contributed by atoms with Gasteiger partial charge in [-0.05, 0) is 6.92 Å². The number of aromatic amines is 1. The summed E-state index contributed by atoms with van der Waals surface area (Å²) in [6, 6.07) is 8.12. The Labute approximate surface area is 128 Å². The summed E-state index contributed by atoms with van der Waals surface area (Å²) in [7, 11) is 0. The summed E-state index contributed by atoms with van der Waals surface area (Å²) in [4.78, 5) is 19.9. The number of nitrogens with zero attached hydrogens (tertiary/aromatic N) is 1. The number of ketones is 1. The molecule has 0 aliphatic carbocycles. The maximum atomic E-state index is 12.1. The molecule has 0 saturated carbocycles. The van der Waals surface area contributed by atoms with E-state index in [0.717, 1.165) is 17.1 Å². The zero-order chi connectivity index (χ0) is 14.9. The number of aryl methyl sites for hydroxylation is 1. The van der Waals surface area contributed by atoms with E-state index in [1.807, 2.05) is 31.2 Å². The van der Waals surface area contributed by atoms with Crippen LogP contribution in [0.4, 0.5) is 0 Å². The van der Waals surface area contributed by atoms with Crippen LogP contribution in [-0.2, 0) is 5.41 Å². The molecule has 0 bridgehead atoms. The van der Waals surface area contributed by atoms with Crippen molar-refractivity contribution >= 4 is 21.7 Å². The minimum Gasteiger partial charge on any atom is -0.341 e. The van der Waals surface area contributed by atoms with Crippen LogP contribution in [0.2, 0.25) is 0 Å². The van der Waals surface area contributed by atoms with Gasteiger partial charge < -0.3 is 4.98 Å². The molecule has 2 rings (SSSR count). The van der Waals surface area contributed by atoms with E-state index in [1.165, 1.54) is 5.56 Å². The molecule has 1 aromatic heterocycles. The Morgan fingerprint density at radius 3 is 2.35 bits per heavy atom. The summed E-state index contributed by atoms with van der Waals surface area (Å²) in [6.07, 6.45) is 0. The van der Waals surface area contributed by atoms with Crippen molar-refractivity contribution in [3.63, 3.8) is 0 Å². The molecule has 0 radical (unpaired) electrons. The maximum Gasteiger partial charge on any atom is 0.193 e. The monoisotopic (exact) mass is 334 g/mol. The van der Waals surface area contributed by atoms with E-state index in [-0.39, 0.29) is 16.5 Å². The number of nitrogens with one attached hydrogen (secondary N) is 1. The van der Waals surface area contributed by atoms with Crippen LogP contribution in [-0.4, -0.2) is 21.1 Å². The first kappa shape index (κ1) is 15.0. The van der Waals surface area contributed by atoms with Gasteiger partial charge in [0.15, 0.2) is 5.78 Å². The number of carbonyl (C=O) groups excluding carboxylic acids is 1. The first-order chi connectivity index (χ1) is 9.32. The van der Waals surface area contributed by atoms with Crippen LogP contribution in [0.3, 0.4) is 0 Å². The highest BCUT2D eigenvalue weighted by molar-refractivity contribution is 9.09. The third kappa shape index (κ3) is 3.01. The van der Waals surface area contributed by atoms with Gasteiger partial charge in [0.25, 0.3) is 0 Å². The van der Waals surface area contributed by atoms with E-state index in [0.29, 0.717) is 5.69 Å². The average Bonchev–Trinajstić information content (AvgIpc) is 2.83. The van der Waals surface area contributed by atoms with Gasteiger partial charge in [0.05, 0.1) is 11.0 Å². The molecule has 2 aromatic rings. The van der Waals surface area contributed by atoms with E-state index in [9.17, 15) is 4.79 Å². The largest absolute Gasteiger partial charge is 0.341 e. The lowest BCUT2D eigenvalue weighted by molar-refractivity contribution is 0.101. The number of halogens is 1. The summed E-state index contributed by atoms with van der Waals surface area (Å²) in [5, 5.41) is 0.286. The maximum absolute atomic E-state index is 12.1. The first-order valence-corrected chi connectivity index (χ1v) is 7.71. The van der Waals surface area contributed by atoms with E-state index < -0.39 is 0 Å². The van der Waals surface area contributed by atoms with Crippen molar-refractivity contribution in [2.45, 2.75) is 33.1 Å². The van der Waals surface area contributed by atoms with Gasteiger partial charge in [-0.15, -0.1) is 0 Å². The van der Waals surface area contributed by atoms with Crippen LogP contribution in [0.25, 0.3) is 11.4 Å². The molecule has 0 spiro atoms. The van der Waals surface area contributed by atoms with E-state index in [2.05, 4.69) is 46.7 Å². The molecular formula is C16H19BrN2O. The normalized spacial score (nSPS) is 11.7. The number of hydrogen-bond donors (Lipinski definition) is 1. The molecule has 4 heteroatoms. The Morgan fingerprint density at radius 2 is 1.85 bits per heavy atom. The van der Waals surface area contributed by atoms with Crippen LogP contribution in [0, 0.1) is 6.92 Å². The SMILES string of the molecule is Cc1ccc(-c2nc(C(=O)CBr)c(C(C)(C)C)[nH]2)cc1. The van der Waals surface area contributed by atoms with Gasteiger partial charge in [-0.3, -0.25) is 4.79 Å². The zero-order valence-corrected chi connectivity index (χ0v) is 13.8. The number of aromatic nitrogens is 2.